The van der Waals surface area contributed by atoms with Crippen LogP contribution in [0.4, 0.5) is 0 Å². The molecule has 0 N–H and O–H groups in total. The van der Waals surface area contributed by atoms with Crippen LogP contribution in [-0.2, 0) is 14.3 Å². The molecule has 1 aromatic carbocycles. The first-order chi connectivity index (χ1) is 13.0. The lowest BCUT2D eigenvalue weighted by Gasteiger charge is -2.53. The molecular formula is C23H29NO3. The molecule has 4 nitrogen and oxygen atoms in total. The van der Waals surface area contributed by atoms with Crippen LogP contribution in [0.1, 0.15) is 62.0 Å². The first-order valence-corrected chi connectivity index (χ1v) is 10.5. The van der Waals surface area contributed by atoms with Gasteiger partial charge in [0.15, 0.2) is 0 Å². The molecule has 1 amide bonds. The summed E-state index contributed by atoms with van der Waals surface area (Å²) >= 11 is 0. The Morgan fingerprint density at radius 2 is 1.70 bits per heavy atom. The number of likely N-dealkylation sites (tertiary alicyclic amines) is 1. The van der Waals surface area contributed by atoms with E-state index in [9.17, 15) is 9.59 Å². The Morgan fingerprint density at radius 3 is 2.30 bits per heavy atom. The minimum absolute atomic E-state index is 0.0103. The van der Waals surface area contributed by atoms with Crippen molar-refractivity contribution in [2.24, 2.45) is 16.7 Å². The quantitative estimate of drug-likeness (QED) is 0.747. The zero-order valence-corrected chi connectivity index (χ0v) is 16.2. The maximum Gasteiger partial charge on any atom is 0.306 e. The van der Waals surface area contributed by atoms with Gasteiger partial charge < -0.3 is 9.64 Å². The van der Waals surface area contributed by atoms with Gasteiger partial charge in [-0.05, 0) is 62.3 Å². The van der Waals surface area contributed by atoms with Crippen LogP contribution in [0.3, 0.4) is 0 Å². The molecule has 0 bridgehead atoms. The molecule has 0 atom stereocenters. The van der Waals surface area contributed by atoms with Gasteiger partial charge in [0.1, 0.15) is 0 Å². The zero-order valence-electron chi connectivity index (χ0n) is 16.2. The number of aryl methyl sites for hydroxylation is 1. The van der Waals surface area contributed by atoms with E-state index >= 15 is 0 Å². The van der Waals surface area contributed by atoms with E-state index in [0.717, 1.165) is 38.8 Å². The van der Waals surface area contributed by atoms with Crippen molar-refractivity contribution in [3.8, 4) is 0 Å². The highest BCUT2D eigenvalue weighted by molar-refractivity contribution is 5.81. The first kappa shape index (κ1) is 17.3. The molecule has 2 aliphatic heterocycles. The molecule has 0 radical (unpaired) electrons. The van der Waals surface area contributed by atoms with Crippen LogP contribution < -0.4 is 0 Å². The van der Waals surface area contributed by atoms with Crippen molar-refractivity contribution in [1.29, 1.82) is 0 Å². The molecule has 4 heteroatoms. The number of nitrogens with zero attached hydrogens (tertiary/aromatic N) is 1. The van der Waals surface area contributed by atoms with Crippen molar-refractivity contribution in [1.82, 2.24) is 4.90 Å². The van der Waals surface area contributed by atoms with Crippen molar-refractivity contribution in [2.45, 2.75) is 57.8 Å². The standard InChI is InChI=1S/C23H29NO3/c1-16-2-4-17(5-3-16)18-10-22(11-18)6-8-24(9-7-22)21(26)19-12-23(13-19)14-20(25)27-15-23/h2-5,18-19H,6-15H2,1H3. The number of carbonyl (C=O) groups is 2. The molecule has 2 aliphatic carbocycles. The summed E-state index contributed by atoms with van der Waals surface area (Å²) in [5, 5.41) is 0. The molecule has 27 heavy (non-hydrogen) atoms. The normalized spacial score (nSPS) is 28.7. The predicted octanol–water partition coefficient (Wildman–Crippen LogP) is 3.82. The van der Waals surface area contributed by atoms with Gasteiger partial charge in [-0.1, -0.05) is 29.8 Å². The lowest BCUT2D eigenvalue weighted by Crippen LogP contribution is -2.52. The van der Waals surface area contributed by atoms with Crippen LogP contribution in [0.2, 0.25) is 0 Å². The van der Waals surface area contributed by atoms with E-state index in [-0.39, 0.29) is 17.3 Å². The van der Waals surface area contributed by atoms with Crippen LogP contribution >= 0.6 is 0 Å². The van der Waals surface area contributed by atoms with Gasteiger partial charge in [0.2, 0.25) is 5.91 Å². The summed E-state index contributed by atoms with van der Waals surface area (Å²) in [7, 11) is 0. The van der Waals surface area contributed by atoms with Gasteiger partial charge in [0.25, 0.3) is 0 Å². The summed E-state index contributed by atoms with van der Waals surface area (Å²) < 4.78 is 5.12. The van der Waals surface area contributed by atoms with Gasteiger partial charge >= 0.3 is 5.97 Å². The number of benzene rings is 1. The van der Waals surface area contributed by atoms with Crippen LogP contribution in [0, 0.1) is 23.7 Å². The number of esters is 1. The van der Waals surface area contributed by atoms with Gasteiger partial charge in [-0.2, -0.15) is 0 Å². The average molecular weight is 367 g/mol. The van der Waals surface area contributed by atoms with Crippen molar-refractivity contribution in [3.63, 3.8) is 0 Å². The molecule has 1 aromatic rings. The number of rotatable bonds is 2. The minimum atomic E-state index is -0.0890. The van der Waals surface area contributed by atoms with Gasteiger partial charge in [-0.25, -0.2) is 0 Å². The summed E-state index contributed by atoms with van der Waals surface area (Å²) in [6.07, 6.45) is 7.07. The number of amides is 1. The molecular weight excluding hydrogens is 338 g/mol. The summed E-state index contributed by atoms with van der Waals surface area (Å²) in [6, 6.07) is 9.01. The Kier molecular flexibility index (Phi) is 3.89. The predicted molar refractivity (Wildman–Crippen MR) is 102 cm³/mol. The molecule has 2 spiro atoms. The highest BCUT2D eigenvalue weighted by Crippen LogP contribution is 2.57. The third-order valence-electron chi connectivity index (χ3n) is 7.81. The highest BCUT2D eigenvalue weighted by Gasteiger charge is 2.54. The first-order valence-electron chi connectivity index (χ1n) is 10.5. The fraction of sp³-hybridized carbons (Fsp3) is 0.652. The van der Waals surface area contributed by atoms with Crippen LogP contribution in [0.25, 0.3) is 0 Å². The average Bonchev–Trinajstić information content (AvgIpc) is 3.01. The van der Waals surface area contributed by atoms with Crippen molar-refractivity contribution in [2.75, 3.05) is 19.7 Å². The maximum atomic E-state index is 12.8. The van der Waals surface area contributed by atoms with Gasteiger partial charge in [0.05, 0.1) is 13.0 Å². The van der Waals surface area contributed by atoms with Crippen LogP contribution in [0.15, 0.2) is 24.3 Å². The Labute approximate surface area is 161 Å². The summed E-state index contributed by atoms with van der Waals surface area (Å²) in [5.74, 6) is 1.06. The largest absolute Gasteiger partial charge is 0.465 e. The Hall–Kier alpha value is -1.84. The molecule has 2 heterocycles. The summed E-state index contributed by atoms with van der Waals surface area (Å²) in [5.41, 5.74) is 3.27. The summed E-state index contributed by atoms with van der Waals surface area (Å²) in [6.45, 7) is 4.50. The number of hydrogen-bond donors (Lipinski definition) is 0. The van der Waals surface area contributed by atoms with Gasteiger partial charge in [-0.3, -0.25) is 9.59 Å². The fourth-order valence-electron chi connectivity index (χ4n) is 5.99. The Bertz CT molecular complexity index is 746. The number of piperidine rings is 1. The SMILES string of the molecule is Cc1ccc(C2CC3(CCN(C(=O)C4CC5(COC(=O)C5)C4)CC3)C2)cc1. The van der Waals surface area contributed by atoms with Crippen LogP contribution in [-0.4, -0.2) is 36.5 Å². The second-order valence-corrected chi connectivity index (χ2v) is 9.78. The van der Waals surface area contributed by atoms with Gasteiger partial charge in [0, 0.05) is 24.4 Å². The molecule has 2 saturated heterocycles. The summed E-state index contributed by atoms with van der Waals surface area (Å²) in [4.78, 5) is 26.3. The molecule has 0 unspecified atom stereocenters. The topological polar surface area (TPSA) is 46.6 Å². The van der Waals surface area contributed by atoms with E-state index in [1.165, 1.54) is 24.0 Å². The Morgan fingerprint density at radius 1 is 1.04 bits per heavy atom. The Balaban J connectivity index is 1.11. The van der Waals surface area contributed by atoms with Gasteiger partial charge in [-0.15, -0.1) is 0 Å². The second-order valence-electron chi connectivity index (χ2n) is 9.78. The second kappa shape index (κ2) is 6.08. The number of ether oxygens (including phenoxy) is 1. The van der Waals surface area contributed by atoms with E-state index in [4.69, 9.17) is 4.74 Å². The van der Waals surface area contributed by atoms with E-state index in [2.05, 4.69) is 36.1 Å². The van der Waals surface area contributed by atoms with E-state index in [0.29, 0.717) is 30.3 Å². The number of carbonyl (C=O) groups excluding carboxylic acids is 2. The van der Waals surface area contributed by atoms with E-state index in [1.54, 1.807) is 0 Å². The third-order valence-corrected chi connectivity index (χ3v) is 7.81. The number of hydrogen-bond acceptors (Lipinski definition) is 3. The molecule has 5 rings (SSSR count). The van der Waals surface area contributed by atoms with Crippen LogP contribution in [0.5, 0.6) is 0 Å². The molecule has 4 aliphatic rings. The maximum absolute atomic E-state index is 12.8. The van der Waals surface area contributed by atoms with Crippen molar-refractivity contribution in [3.05, 3.63) is 35.4 Å². The minimum Gasteiger partial charge on any atom is -0.465 e. The molecule has 2 saturated carbocycles. The molecule has 144 valence electrons. The lowest BCUT2D eigenvalue weighted by molar-refractivity contribution is -0.147. The monoisotopic (exact) mass is 367 g/mol. The van der Waals surface area contributed by atoms with Crippen molar-refractivity contribution >= 4 is 11.9 Å². The zero-order chi connectivity index (χ0) is 18.6. The molecule has 0 aromatic heterocycles. The highest BCUT2D eigenvalue weighted by atomic mass is 16.5. The number of cyclic esters (lactones) is 1. The lowest BCUT2D eigenvalue weighted by atomic mass is 9.56. The van der Waals surface area contributed by atoms with E-state index < -0.39 is 0 Å². The smallest absolute Gasteiger partial charge is 0.306 e. The van der Waals surface area contributed by atoms with E-state index in [1.807, 2.05) is 0 Å². The van der Waals surface area contributed by atoms with Crippen molar-refractivity contribution < 1.29 is 14.3 Å². The fourth-order valence-corrected chi connectivity index (χ4v) is 5.99. The third kappa shape index (κ3) is 2.97. The molecule has 4 fully saturated rings.